The Morgan fingerprint density at radius 1 is 1.29 bits per heavy atom. The Labute approximate surface area is 126 Å². The second kappa shape index (κ2) is 10.5. The minimum Gasteiger partial charge on any atom is -0.396 e. The van der Waals surface area contributed by atoms with Crippen LogP contribution in [0.3, 0.4) is 0 Å². The molecule has 0 radical (unpaired) electrons. The van der Waals surface area contributed by atoms with E-state index in [1.54, 1.807) is 13.2 Å². The summed E-state index contributed by atoms with van der Waals surface area (Å²) in [6.45, 7) is 3.15. The molecule has 5 heteroatoms. The molecule has 1 aromatic rings. The number of nitrogens with one attached hydrogen (secondary N) is 1. The first-order chi connectivity index (χ1) is 10.2. The van der Waals surface area contributed by atoms with Crippen LogP contribution in [0.25, 0.3) is 0 Å². The number of nitrogens with zero attached hydrogens (tertiary/aromatic N) is 1. The zero-order valence-electron chi connectivity index (χ0n) is 13.1. The van der Waals surface area contributed by atoms with Crippen molar-refractivity contribution in [3.05, 3.63) is 29.6 Å². The maximum Gasteiger partial charge on any atom is 0.123 e. The van der Waals surface area contributed by atoms with Crippen LogP contribution in [0.4, 0.5) is 10.1 Å². The number of anilines is 1. The van der Waals surface area contributed by atoms with Gasteiger partial charge in [0.05, 0.1) is 6.61 Å². The average Bonchev–Trinajstić information content (AvgIpc) is 2.48. The number of aliphatic hydroxyl groups excluding tert-OH is 1. The molecule has 2 N–H and O–H groups in total. The van der Waals surface area contributed by atoms with Crippen LogP contribution in [0.5, 0.6) is 0 Å². The lowest BCUT2D eigenvalue weighted by Gasteiger charge is -2.23. The Morgan fingerprint density at radius 2 is 2.10 bits per heavy atom. The third-order valence-electron chi connectivity index (χ3n) is 3.40. The molecule has 1 aromatic carbocycles. The van der Waals surface area contributed by atoms with Crippen LogP contribution in [0.2, 0.25) is 0 Å². The van der Waals surface area contributed by atoms with Crippen LogP contribution in [0.1, 0.15) is 24.8 Å². The van der Waals surface area contributed by atoms with Gasteiger partial charge in [0.2, 0.25) is 0 Å². The van der Waals surface area contributed by atoms with Crippen molar-refractivity contribution in [1.29, 1.82) is 0 Å². The Balaban J connectivity index is 2.57. The van der Waals surface area contributed by atoms with E-state index in [1.807, 2.05) is 13.1 Å². The van der Waals surface area contributed by atoms with Gasteiger partial charge in [0.25, 0.3) is 0 Å². The second-order valence-corrected chi connectivity index (χ2v) is 5.15. The molecule has 0 aromatic heterocycles. The van der Waals surface area contributed by atoms with Gasteiger partial charge in [-0.15, -0.1) is 0 Å². The molecular weight excluding hydrogens is 271 g/mol. The van der Waals surface area contributed by atoms with Crippen molar-refractivity contribution in [2.75, 3.05) is 45.4 Å². The Kier molecular flexibility index (Phi) is 8.98. The third-order valence-corrected chi connectivity index (χ3v) is 3.40. The van der Waals surface area contributed by atoms with Crippen LogP contribution >= 0.6 is 0 Å². The smallest absolute Gasteiger partial charge is 0.123 e. The summed E-state index contributed by atoms with van der Waals surface area (Å²) in [6, 6.07) is 4.91. The summed E-state index contributed by atoms with van der Waals surface area (Å²) in [7, 11) is 3.68. The highest BCUT2D eigenvalue weighted by Gasteiger charge is 2.08. The van der Waals surface area contributed by atoms with E-state index in [0.29, 0.717) is 13.2 Å². The highest BCUT2D eigenvalue weighted by molar-refractivity contribution is 5.53. The molecule has 0 unspecified atom stereocenters. The van der Waals surface area contributed by atoms with Gasteiger partial charge >= 0.3 is 0 Å². The highest BCUT2D eigenvalue weighted by Crippen LogP contribution is 2.21. The van der Waals surface area contributed by atoms with Gasteiger partial charge in [-0.2, -0.15) is 0 Å². The third kappa shape index (κ3) is 6.89. The van der Waals surface area contributed by atoms with E-state index in [0.717, 1.165) is 43.6 Å². The lowest BCUT2D eigenvalue weighted by molar-refractivity contribution is 0.199. The molecule has 0 saturated carbocycles. The van der Waals surface area contributed by atoms with Crippen molar-refractivity contribution in [2.24, 2.45) is 0 Å². The quantitative estimate of drug-likeness (QED) is 0.615. The first-order valence-corrected chi connectivity index (χ1v) is 7.49. The number of unbranched alkanes of at least 4 members (excludes halogenated alkanes) is 2. The first-order valence-electron chi connectivity index (χ1n) is 7.49. The number of aliphatic hydroxyl groups is 1. The molecule has 120 valence electrons. The summed E-state index contributed by atoms with van der Waals surface area (Å²) >= 11 is 0. The number of halogens is 1. The van der Waals surface area contributed by atoms with Gasteiger partial charge in [-0.1, -0.05) is 0 Å². The van der Waals surface area contributed by atoms with Gasteiger partial charge in [-0.05, 0) is 43.0 Å². The van der Waals surface area contributed by atoms with Crippen molar-refractivity contribution in [3.63, 3.8) is 0 Å². The predicted octanol–water partition coefficient (Wildman–Crippen LogP) is 2.16. The van der Waals surface area contributed by atoms with Gasteiger partial charge in [-0.25, -0.2) is 4.39 Å². The second-order valence-electron chi connectivity index (χ2n) is 5.15. The van der Waals surface area contributed by atoms with E-state index in [-0.39, 0.29) is 12.4 Å². The minimum absolute atomic E-state index is 0.212. The first kappa shape index (κ1) is 17.9. The monoisotopic (exact) mass is 298 g/mol. The van der Waals surface area contributed by atoms with Crippen LogP contribution in [-0.4, -0.2) is 45.6 Å². The fourth-order valence-corrected chi connectivity index (χ4v) is 2.22. The maximum absolute atomic E-state index is 13.4. The van der Waals surface area contributed by atoms with Crippen molar-refractivity contribution < 1.29 is 14.2 Å². The fraction of sp³-hybridized carbons (Fsp3) is 0.625. The zero-order valence-corrected chi connectivity index (χ0v) is 13.1. The van der Waals surface area contributed by atoms with Crippen LogP contribution in [-0.2, 0) is 11.3 Å². The van der Waals surface area contributed by atoms with E-state index in [9.17, 15) is 4.39 Å². The number of hydrogen-bond acceptors (Lipinski definition) is 4. The Bertz CT molecular complexity index is 402. The van der Waals surface area contributed by atoms with Crippen molar-refractivity contribution in [2.45, 2.75) is 25.8 Å². The summed E-state index contributed by atoms with van der Waals surface area (Å²) < 4.78 is 18.4. The Morgan fingerprint density at radius 3 is 2.81 bits per heavy atom. The molecule has 0 spiro atoms. The maximum atomic E-state index is 13.4. The van der Waals surface area contributed by atoms with Crippen LogP contribution < -0.4 is 10.2 Å². The summed E-state index contributed by atoms with van der Waals surface area (Å²) in [6.07, 6.45) is 2.86. The SMILES string of the molecule is COCCNCc1cc(F)ccc1N(C)CCCCCO. The number of ether oxygens (including phenoxy) is 1. The van der Waals surface area contributed by atoms with Gasteiger partial charge in [0.15, 0.2) is 0 Å². The largest absolute Gasteiger partial charge is 0.396 e. The number of benzene rings is 1. The molecule has 4 nitrogen and oxygen atoms in total. The molecule has 0 aliphatic heterocycles. The van der Waals surface area contributed by atoms with E-state index in [2.05, 4.69) is 10.2 Å². The normalized spacial score (nSPS) is 10.9. The lowest BCUT2D eigenvalue weighted by Crippen LogP contribution is -2.23. The molecule has 0 aliphatic carbocycles. The number of rotatable bonds is 11. The van der Waals surface area contributed by atoms with Crippen molar-refractivity contribution in [1.82, 2.24) is 5.32 Å². The standard InChI is InChI=1S/C16H27FN2O2/c1-19(9-4-3-5-10-20)16-7-6-15(17)12-14(16)13-18-8-11-21-2/h6-7,12,18,20H,3-5,8-11,13H2,1-2H3. The van der Waals surface area contributed by atoms with Gasteiger partial charge in [0, 0.05) is 46.1 Å². The van der Waals surface area contributed by atoms with E-state index in [1.165, 1.54) is 6.07 Å². The summed E-state index contributed by atoms with van der Waals surface area (Å²) in [5.74, 6) is -0.212. The lowest BCUT2D eigenvalue weighted by atomic mass is 10.1. The Hall–Kier alpha value is -1.17. The molecule has 1 rings (SSSR count). The summed E-state index contributed by atoms with van der Waals surface area (Å²) in [5, 5.41) is 12.0. The molecule has 0 saturated heterocycles. The van der Waals surface area contributed by atoms with Crippen LogP contribution in [0, 0.1) is 5.82 Å². The number of hydrogen-bond donors (Lipinski definition) is 2. The molecule has 0 fully saturated rings. The van der Waals surface area contributed by atoms with E-state index < -0.39 is 0 Å². The molecule has 0 bridgehead atoms. The van der Waals surface area contributed by atoms with E-state index in [4.69, 9.17) is 9.84 Å². The van der Waals surface area contributed by atoms with Crippen molar-refractivity contribution >= 4 is 5.69 Å². The van der Waals surface area contributed by atoms with Gasteiger partial charge in [0.1, 0.15) is 5.82 Å². The molecule has 21 heavy (non-hydrogen) atoms. The molecule has 0 aliphatic rings. The molecule has 0 heterocycles. The number of methoxy groups -OCH3 is 1. The van der Waals surface area contributed by atoms with Crippen molar-refractivity contribution in [3.8, 4) is 0 Å². The molecule has 0 atom stereocenters. The predicted molar refractivity (Wildman–Crippen MR) is 84.2 cm³/mol. The summed E-state index contributed by atoms with van der Waals surface area (Å²) in [5.41, 5.74) is 2.00. The van der Waals surface area contributed by atoms with Crippen LogP contribution in [0.15, 0.2) is 18.2 Å². The minimum atomic E-state index is -0.212. The summed E-state index contributed by atoms with van der Waals surface area (Å²) in [4.78, 5) is 2.14. The fourth-order valence-electron chi connectivity index (χ4n) is 2.22. The average molecular weight is 298 g/mol. The molecular formula is C16H27FN2O2. The highest BCUT2D eigenvalue weighted by atomic mass is 19.1. The molecule has 0 amide bonds. The van der Waals surface area contributed by atoms with E-state index >= 15 is 0 Å². The topological polar surface area (TPSA) is 44.7 Å². The van der Waals surface area contributed by atoms with Gasteiger partial charge in [-0.3, -0.25) is 0 Å². The zero-order chi connectivity index (χ0) is 15.5. The van der Waals surface area contributed by atoms with Gasteiger partial charge < -0.3 is 20.1 Å².